The molecular weight excluding hydrogens is 302 g/mol. The fourth-order valence-corrected chi connectivity index (χ4v) is 2.96. The van der Waals surface area contributed by atoms with Gasteiger partial charge in [0.2, 0.25) is 5.91 Å². The lowest BCUT2D eigenvalue weighted by atomic mass is 9.96. The summed E-state index contributed by atoms with van der Waals surface area (Å²) in [6.45, 7) is 5.34. The number of nitrogens with zero attached hydrogens (tertiary/aromatic N) is 4. The van der Waals surface area contributed by atoms with Gasteiger partial charge in [-0.15, -0.1) is 0 Å². The summed E-state index contributed by atoms with van der Waals surface area (Å²) in [5.41, 5.74) is 1.91. The molecule has 2 aromatic heterocycles. The number of hydrogen-bond acceptors (Lipinski definition) is 5. The highest BCUT2D eigenvalue weighted by Crippen LogP contribution is 2.18. The highest BCUT2D eigenvalue weighted by molar-refractivity contribution is 5.72. The summed E-state index contributed by atoms with van der Waals surface area (Å²) in [4.78, 5) is 26.5. The van der Waals surface area contributed by atoms with Crippen LogP contribution >= 0.6 is 0 Å². The van der Waals surface area contributed by atoms with E-state index in [0.29, 0.717) is 11.7 Å². The highest BCUT2D eigenvalue weighted by Gasteiger charge is 2.19. The fourth-order valence-electron chi connectivity index (χ4n) is 2.96. The van der Waals surface area contributed by atoms with E-state index in [-0.39, 0.29) is 5.91 Å². The first-order valence-electron chi connectivity index (χ1n) is 8.40. The zero-order chi connectivity index (χ0) is 16.8. The predicted molar refractivity (Wildman–Crippen MR) is 91.9 cm³/mol. The summed E-state index contributed by atoms with van der Waals surface area (Å²) < 4.78 is 0. The van der Waals surface area contributed by atoms with Gasteiger partial charge >= 0.3 is 0 Å². The first kappa shape index (κ1) is 16.5. The van der Waals surface area contributed by atoms with Gasteiger partial charge in [-0.2, -0.15) is 0 Å². The second-order valence-corrected chi connectivity index (χ2v) is 6.29. The zero-order valence-corrected chi connectivity index (χ0v) is 14.0. The van der Waals surface area contributed by atoms with Crippen LogP contribution in [0, 0.1) is 5.92 Å². The average molecular weight is 325 g/mol. The summed E-state index contributed by atoms with van der Waals surface area (Å²) in [7, 11) is 0. The topological polar surface area (TPSA) is 71.0 Å². The van der Waals surface area contributed by atoms with Crippen LogP contribution in [0.2, 0.25) is 0 Å². The van der Waals surface area contributed by atoms with Crippen LogP contribution < -0.4 is 5.32 Å². The largest absolute Gasteiger partial charge is 0.356 e. The van der Waals surface area contributed by atoms with Crippen molar-refractivity contribution in [1.82, 2.24) is 25.2 Å². The van der Waals surface area contributed by atoms with Gasteiger partial charge in [0.1, 0.15) is 5.69 Å². The van der Waals surface area contributed by atoms with Gasteiger partial charge in [0.25, 0.3) is 0 Å². The Hall–Kier alpha value is -2.34. The molecule has 2 aromatic rings. The van der Waals surface area contributed by atoms with Gasteiger partial charge in [0, 0.05) is 44.2 Å². The molecule has 3 heterocycles. The van der Waals surface area contributed by atoms with Crippen LogP contribution in [-0.2, 0) is 11.3 Å². The van der Waals surface area contributed by atoms with E-state index in [1.54, 1.807) is 13.1 Å². The van der Waals surface area contributed by atoms with Crippen molar-refractivity contribution in [3.05, 3.63) is 42.4 Å². The minimum Gasteiger partial charge on any atom is -0.356 e. The van der Waals surface area contributed by atoms with Crippen molar-refractivity contribution >= 4 is 5.91 Å². The lowest BCUT2D eigenvalue weighted by molar-refractivity contribution is -0.119. The van der Waals surface area contributed by atoms with Crippen molar-refractivity contribution in [2.24, 2.45) is 5.92 Å². The van der Waals surface area contributed by atoms with E-state index < -0.39 is 0 Å². The van der Waals surface area contributed by atoms with Crippen molar-refractivity contribution in [3.8, 4) is 11.5 Å². The molecule has 0 saturated carbocycles. The number of aromatic nitrogens is 3. The van der Waals surface area contributed by atoms with Gasteiger partial charge in [-0.3, -0.25) is 14.7 Å². The van der Waals surface area contributed by atoms with Crippen LogP contribution in [0.15, 0.2) is 36.8 Å². The van der Waals surface area contributed by atoms with Gasteiger partial charge in [-0.1, -0.05) is 6.07 Å². The normalized spacial score (nSPS) is 16.0. The molecule has 0 radical (unpaired) electrons. The van der Waals surface area contributed by atoms with Crippen molar-refractivity contribution < 1.29 is 4.79 Å². The fraction of sp³-hybridized carbons (Fsp3) is 0.444. The highest BCUT2D eigenvalue weighted by atomic mass is 16.1. The number of pyridine rings is 1. The molecule has 0 aliphatic carbocycles. The number of likely N-dealkylation sites (tertiary alicyclic amines) is 1. The molecule has 24 heavy (non-hydrogen) atoms. The van der Waals surface area contributed by atoms with Crippen LogP contribution in [0.5, 0.6) is 0 Å². The van der Waals surface area contributed by atoms with E-state index >= 15 is 0 Å². The molecule has 6 heteroatoms. The third kappa shape index (κ3) is 4.58. The van der Waals surface area contributed by atoms with Crippen LogP contribution in [0.3, 0.4) is 0 Å². The van der Waals surface area contributed by atoms with Gasteiger partial charge < -0.3 is 5.32 Å². The molecule has 0 bridgehead atoms. The van der Waals surface area contributed by atoms with Crippen LogP contribution in [0.25, 0.3) is 11.5 Å². The first-order valence-corrected chi connectivity index (χ1v) is 8.40. The molecule has 6 nitrogen and oxygen atoms in total. The smallest absolute Gasteiger partial charge is 0.216 e. The number of piperidine rings is 1. The summed E-state index contributed by atoms with van der Waals surface area (Å²) in [6, 6.07) is 5.73. The third-order valence-electron chi connectivity index (χ3n) is 4.35. The van der Waals surface area contributed by atoms with Crippen LogP contribution in [0.1, 0.15) is 25.3 Å². The number of nitrogens with one attached hydrogen (secondary N) is 1. The van der Waals surface area contributed by atoms with Gasteiger partial charge in [0.15, 0.2) is 5.82 Å². The molecule has 1 amide bonds. The molecule has 3 rings (SSSR count). The van der Waals surface area contributed by atoms with Crippen molar-refractivity contribution in [3.63, 3.8) is 0 Å². The van der Waals surface area contributed by atoms with Crippen molar-refractivity contribution in [2.45, 2.75) is 26.3 Å². The van der Waals surface area contributed by atoms with E-state index in [1.165, 1.54) is 0 Å². The minimum absolute atomic E-state index is 0.0579. The van der Waals surface area contributed by atoms with Crippen molar-refractivity contribution in [1.29, 1.82) is 0 Å². The van der Waals surface area contributed by atoms with Gasteiger partial charge in [0.05, 0.1) is 0 Å². The quantitative estimate of drug-likeness (QED) is 0.909. The molecule has 0 unspecified atom stereocenters. The average Bonchev–Trinajstić information content (AvgIpc) is 2.62. The lowest BCUT2D eigenvalue weighted by Gasteiger charge is -2.31. The number of carbonyl (C=O) groups is 1. The molecule has 1 fully saturated rings. The SMILES string of the molecule is CC(=O)NCC1CCN(Cc2cnc(-c3ccccn3)nc2)CC1. The van der Waals surface area contributed by atoms with Gasteiger partial charge in [-0.25, -0.2) is 9.97 Å². The van der Waals surface area contributed by atoms with Crippen molar-refractivity contribution in [2.75, 3.05) is 19.6 Å². The Labute approximate surface area is 142 Å². The Morgan fingerprint density at radius 1 is 1.21 bits per heavy atom. The number of rotatable bonds is 5. The summed E-state index contributed by atoms with van der Waals surface area (Å²) >= 11 is 0. The standard InChI is InChI=1S/C18H23N5O/c1-14(24)20-10-15-5-8-23(9-6-15)13-16-11-21-18(22-12-16)17-4-2-3-7-19-17/h2-4,7,11-12,15H,5-6,8-10,13H2,1H3,(H,20,24). The van der Waals surface area contributed by atoms with Crippen LogP contribution in [0.4, 0.5) is 0 Å². The lowest BCUT2D eigenvalue weighted by Crippen LogP contribution is -2.37. The first-order chi connectivity index (χ1) is 11.7. The summed E-state index contributed by atoms with van der Waals surface area (Å²) in [6.07, 6.45) is 7.76. The third-order valence-corrected chi connectivity index (χ3v) is 4.35. The molecule has 0 aromatic carbocycles. The Balaban J connectivity index is 1.50. The Morgan fingerprint density at radius 2 is 1.96 bits per heavy atom. The van der Waals surface area contributed by atoms with Crippen LogP contribution in [-0.4, -0.2) is 45.4 Å². The number of carbonyl (C=O) groups excluding carboxylic acids is 1. The second kappa shape index (κ2) is 7.97. The van der Waals surface area contributed by atoms with Gasteiger partial charge in [-0.05, 0) is 44.0 Å². The molecule has 0 atom stereocenters. The minimum atomic E-state index is 0.0579. The maximum atomic E-state index is 11.0. The maximum absolute atomic E-state index is 11.0. The van der Waals surface area contributed by atoms with E-state index in [2.05, 4.69) is 25.2 Å². The molecule has 1 saturated heterocycles. The van der Waals surface area contributed by atoms with E-state index in [1.807, 2.05) is 30.6 Å². The Morgan fingerprint density at radius 3 is 2.58 bits per heavy atom. The van der Waals surface area contributed by atoms with E-state index in [4.69, 9.17) is 0 Å². The summed E-state index contributed by atoms with van der Waals surface area (Å²) in [5, 5.41) is 2.92. The van der Waals surface area contributed by atoms with E-state index in [0.717, 1.165) is 50.3 Å². The number of hydrogen-bond donors (Lipinski definition) is 1. The summed E-state index contributed by atoms with van der Waals surface area (Å²) in [5.74, 6) is 1.31. The van der Waals surface area contributed by atoms with E-state index in [9.17, 15) is 4.79 Å². The Kier molecular flexibility index (Phi) is 5.48. The maximum Gasteiger partial charge on any atom is 0.216 e. The molecular formula is C18H23N5O. The predicted octanol–water partition coefficient (Wildman–Crippen LogP) is 1.89. The number of amides is 1. The monoisotopic (exact) mass is 325 g/mol. The Bertz CT molecular complexity index is 651. The molecule has 1 aliphatic heterocycles. The molecule has 1 aliphatic rings. The second-order valence-electron chi connectivity index (χ2n) is 6.29. The molecule has 126 valence electrons. The zero-order valence-electron chi connectivity index (χ0n) is 14.0. The molecule has 1 N–H and O–H groups in total. The molecule has 0 spiro atoms.